The molecule has 2 heterocycles. The first kappa shape index (κ1) is 20.9. The second-order valence-corrected chi connectivity index (χ2v) is 7.50. The molecule has 1 unspecified atom stereocenters. The zero-order valence-electron chi connectivity index (χ0n) is 16.2. The van der Waals surface area contributed by atoms with E-state index >= 15 is 0 Å². The molecule has 2 aromatic rings. The highest BCUT2D eigenvalue weighted by molar-refractivity contribution is 6.16. The number of rotatable bonds is 4. The number of amides is 3. The molecule has 1 fully saturated rings. The molecular formula is C21H18F3N3O4. The summed E-state index contributed by atoms with van der Waals surface area (Å²) in [4.78, 5) is 38.1. The summed E-state index contributed by atoms with van der Waals surface area (Å²) in [5, 5.41) is 15.6. The van der Waals surface area contributed by atoms with Crippen molar-refractivity contribution in [3.63, 3.8) is 0 Å². The highest BCUT2D eigenvalue weighted by atomic mass is 19.2. The monoisotopic (exact) mass is 433 g/mol. The van der Waals surface area contributed by atoms with E-state index in [1.807, 2.05) is 0 Å². The first-order valence-corrected chi connectivity index (χ1v) is 9.58. The summed E-state index contributed by atoms with van der Waals surface area (Å²) < 4.78 is 40.4. The highest BCUT2D eigenvalue weighted by Crippen LogP contribution is 2.33. The first-order chi connectivity index (χ1) is 14.7. The number of nitrogens with zero attached hydrogens (tertiary/aromatic N) is 1. The van der Waals surface area contributed by atoms with Crippen molar-refractivity contribution in [3.8, 4) is 0 Å². The van der Waals surface area contributed by atoms with Crippen LogP contribution >= 0.6 is 0 Å². The SMILES string of the molecule is O=C1CCc2cc(N3CCC(O)(C(=O)NCc4cc(F)cc(F)c4F)C3=O)ccc2N1. The average molecular weight is 433 g/mol. The molecule has 0 bridgehead atoms. The number of benzene rings is 2. The van der Waals surface area contributed by atoms with Gasteiger partial charge in [-0.1, -0.05) is 0 Å². The topological polar surface area (TPSA) is 98.7 Å². The maximum atomic E-state index is 13.8. The van der Waals surface area contributed by atoms with Crippen LogP contribution in [-0.2, 0) is 27.3 Å². The van der Waals surface area contributed by atoms with Gasteiger partial charge >= 0.3 is 0 Å². The Bertz CT molecular complexity index is 1110. The third kappa shape index (κ3) is 3.74. The Morgan fingerprint density at radius 3 is 2.71 bits per heavy atom. The van der Waals surface area contributed by atoms with Crippen molar-refractivity contribution in [2.24, 2.45) is 0 Å². The molecule has 31 heavy (non-hydrogen) atoms. The second kappa shape index (κ2) is 7.69. The predicted octanol–water partition coefficient (Wildman–Crippen LogP) is 1.77. The molecule has 0 aliphatic carbocycles. The largest absolute Gasteiger partial charge is 0.372 e. The van der Waals surface area contributed by atoms with E-state index in [9.17, 15) is 32.7 Å². The molecule has 1 atom stereocenters. The molecule has 3 amide bonds. The fraction of sp³-hybridized carbons (Fsp3) is 0.286. The fourth-order valence-electron chi connectivity index (χ4n) is 3.76. The molecule has 0 saturated carbocycles. The number of carbonyl (C=O) groups excluding carboxylic acids is 3. The van der Waals surface area contributed by atoms with Crippen LogP contribution in [0, 0.1) is 17.5 Å². The lowest BCUT2D eigenvalue weighted by molar-refractivity contribution is -0.149. The lowest BCUT2D eigenvalue weighted by Gasteiger charge is -2.24. The molecular weight excluding hydrogens is 415 g/mol. The zero-order chi connectivity index (χ0) is 22.3. The van der Waals surface area contributed by atoms with E-state index in [4.69, 9.17) is 0 Å². The van der Waals surface area contributed by atoms with Gasteiger partial charge in [0.2, 0.25) is 11.5 Å². The van der Waals surface area contributed by atoms with E-state index in [0.717, 1.165) is 11.6 Å². The summed E-state index contributed by atoms with van der Waals surface area (Å²) >= 11 is 0. The van der Waals surface area contributed by atoms with Crippen molar-refractivity contribution >= 4 is 29.1 Å². The van der Waals surface area contributed by atoms with Gasteiger partial charge < -0.3 is 20.6 Å². The van der Waals surface area contributed by atoms with E-state index < -0.39 is 47.0 Å². The maximum absolute atomic E-state index is 13.8. The minimum absolute atomic E-state index is 0.0524. The van der Waals surface area contributed by atoms with Gasteiger partial charge in [-0.15, -0.1) is 0 Å². The summed E-state index contributed by atoms with van der Waals surface area (Å²) in [7, 11) is 0. The van der Waals surface area contributed by atoms with Gasteiger partial charge in [-0.3, -0.25) is 14.4 Å². The molecule has 0 spiro atoms. The summed E-state index contributed by atoms with van der Waals surface area (Å²) in [6.45, 7) is -0.551. The lowest BCUT2D eigenvalue weighted by Crippen LogP contribution is -2.52. The molecule has 3 N–H and O–H groups in total. The van der Waals surface area contributed by atoms with Crippen molar-refractivity contribution in [2.75, 3.05) is 16.8 Å². The molecule has 0 aromatic heterocycles. The molecule has 4 rings (SSSR count). The number of halogens is 3. The number of carbonyl (C=O) groups is 3. The Balaban J connectivity index is 1.48. The van der Waals surface area contributed by atoms with Gasteiger partial charge in [0.25, 0.3) is 11.8 Å². The van der Waals surface area contributed by atoms with E-state index in [1.54, 1.807) is 18.2 Å². The maximum Gasteiger partial charge on any atom is 0.268 e. The number of anilines is 2. The number of hydrogen-bond donors (Lipinski definition) is 3. The third-order valence-electron chi connectivity index (χ3n) is 5.48. The van der Waals surface area contributed by atoms with E-state index in [-0.39, 0.29) is 18.9 Å². The van der Waals surface area contributed by atoms with Crippen molar-refractivity contribution in [3.05, 3.63) is 58.9 Å². The van der Waals surface area contributed by atoms with E-state index in [2.05, 4.69) is 10.6 Å². The van der Waals surface area contributed by atoms with Gasteiger partial charge in [-0.05, 0) is 36.2 Å². The number of aliphatic hydroxyl groups is 1. The van der Waals surface area contributed by atoms with Crippen LogP contribution in [0.3, 0.4) is 0 Å². The molecule has 162 valence electrons. The van der Waals surface area contributed by atoms with Crippen molar-refractivity contribution in [1.29, 1.82) is 0 Å². The van der Waals surface area contributed by atoms with Gasteiger partial charge in [0.05, 0.1) is 0 Å². The normalized spacial score (nSPS) is 20.5. The average Bonchev–Trinajstić information content (AvgIpc) is 3.04. The van der Waals surface area contributed by atoms with Crippen LogP contribution in [0.1, 0.15) is 24.0 Å². The van der Waals surface area contributed by atoms with Crippen LogP contribution in [0.2, 0.25) is 0 Å². The van der Waals surface area contributed by atoms with Crippen LogP contribution in [0.25, 0.3) is 0 Å². The quantitative estimate of drug-likeness (QED) is 0.506. The van der Waals surface area contributed by atoms with Gasteiger partial charge in [0, 0.05) is 48.9 Å². The molecule has 0 radical (unpaired) electrons. The van der Waals surface area contributed by atoms with Crippen molar-refractivity contribution in [2.45, 2.75) is 31.4 Å². The van der Waals surface area contributed by atoms with Gasteiger partial charge in [0.1, 0.15) is 5.82 Å². The van der Waals surface area contributed by atoms with Crippen LogP contribution in [-0.4, -0.2) is 35.0 Å². The predicted molar refractivity (Wildman–Crippen MR) is 103 cm³/mol. The second-order valence-electron chi connectivity index (χ2n) is 7.50. The van der Waals surface area contributed by atoms with Gasteiger partial charge in [-0.2, -0.15) is 0 Å². The Morgan fingerprint density at radius 1 is 1.16 bits per heavy atom. The molecule has 2 aliphatic heterocycles. The molecule has 2 aliphatic rings. The molecule has 7 nitrogen and oxygen atoms in total. The minimum Gasteiger partial charge on any atom is -0.372 e. The standard InChI is InChI=1S/C21H18F3N3O4/c22-13-7-12(18(24)15(23)9-13)10-25-19(29)21(31)5-6-27(20(21)30)14-2-3-16-11(8-14)1-4-17(28)26-16/h2-3,7-9,31H,1,4-6,10H2,(H,25,29)(H,26,28). The number of fused-ring (bicyclic) bond motifs is 1. The fourth-order valence-corrected chi connectivity index (χ4v) is 3.76. The van der Waals surface area contributed by atoms with Crippen LogP contribution in [0.5, 0.6) is 0 Å². The number of hydrogen-bond acceptors (Lipinski definition) is 4. The van der Waals surface area contributed by atoms with Crippen LogP contribution in [0.4, 0.5) is 24.5 Å². The lowest BCUT2D eigenvalue weighted by atomic mass is 10.0. The Kier molecular flexibility index (Phi) is 5.18. The minimum atomic E-state index is -2.40. The summed E-state index contributed by atoms with van der Waals surface area (Å²) in [6, 6.07) is 6.04. The Morgan fingerprint density at radius 2 is 1.94 bits per heavy atom. The van der Waals surface area contributed by atoms with Crippen LogP contribution < -0.4 is 15.5 Å². The summed E-state index contributed by atoms with van der Waals surface area (Å²) in [5.74, 6) is -5.80. The molecule has 2 aromatic carbocycles. The Hall–Kier alpha value is -3.40. The highest BCUT2D eigenvalue weighted by Gasteiger charge is 2.51. The van der Waals surface area contributed by atoms with Crippen LogP contribution in [0.15, 0.2) is 30.3 Å². The Labute approximate surface area is 174 Å². The van der Waals surface area contributed by atoms with Crippen molar-refractivity contribution < 1.29 is 32.7 Å². The zero-order valence-corrected chi connectivity index (χ0v) is 16.2. The smallest absolute Gasteiger partial charge is 0.268 e. The molecule has 10 heteroatoms. The first-order valence-electron chi connectivity index (χ1n) is 9.58. The number of nitrogens with one attached hydrogen (secondary N) is 2. The van der Waals surface area contributed by atoms with Crippen molar-refractivity contribution in [1.82, 2.24) is 5.32 Å². The van der Waals surface area contributed by atoms with Gasteiger partial charge in [0.15, 0.2) is 11.6 Å². The summed E-state index contributed by atoms with van der Waals surface area (Å²) in [6.07, 6.45) is 0.594. The molecule has 1 saturated heterocycles. The van der Waals surface area contributed by atoms with E-state index in [0.29, 0.717) is 30.3 Å². The van der Waals surface area contributed by atoms with E-state index in [1.165, 1.54) is 4.90 Å². The van der Waals surface area contributed by atoms with Gasteiger partial charge in [-0.25, -0.2) is 13.2 Å². The number of aryl methyl sites for hydroxylation is 1. The summed E-state index contributed by atoms with van der Waals surface area (Å²) in [5.41, 5.74) is -0.917. The third-order valence-corrected chi connectivity index (χ3v) is 5.48.